The molecule has 5 rings (SSSR count). The highest BCUT2D eigenvalue weighted by molar-refractivity contribution is 7.80. The second kappa shape index (κ2) is 12.2. The Morgan fingerprint density at radius 1 is 1.04 bits per heavy atom. The molecule has 2 amide bonds. The molecule has 5 atom stereocenters. The van der Waals surface area contributed by atoms with Crippen LogP contribution in [0.25, 0.3) is 17.9 Å². The standard InChI is InChI=1S/C33H40N4O8S/c1-6-20-31(44)37-33(32(20,5)45-33)14-25-17(4)29(26(38)13-28(41)42)24(35-25)12-22-18(7-8-27(39)40)15(2)21(34-22)11-23-19(9-10-46)16(3)30(43)36-23/h6,11-12,16,19-20,34-35,38,46H,1,7-10,13-14H2,2-5H3,(H,36,43)(H,37,44)(H,39,40)(H,41,42)/b23-11-,24-12+,29-26+/t16-,19-,20?,32+,33+/m1/s1. The number of aliphatic hydroxyl groups is 1. The minimum absolute atomic E-state index is 0.0446. The number of nitrogens with one attached hydrogen (secondary N) is 4. The van der Waals surface area contributed by atoms with Gasteiger partial charge in [-0.3, -0.25) is 19.2 Å². The zero-order valence-corrected chi connectivity index (χ0v) is 27.1. The summed E-state index contributed by atoms with van der Waals surface area (Å²) in [6.07, 6.45) is 5.52. The lowest BCUT2D eigenvalue weighted by molar-refractivity contribution is -0.137. The monoisotopic (exact) mass is 652 g/mol. The van der Waals surface area contributed by atoms with Crippen molar-refractivity contribution < 1.29 is 39.2 Å². The Kier molecular flexibility index (Phi) is 8.77. The van der Waals surface area contributed by atoms with Crippen LogP contribution in [0.4, 0.5) is 0 Å². The van der Waals surface area contributed by atoms with Crippen LogP contribution in [0.3, 0.4) is 0 Å². The molecule has 1 unspecified atom stereocenters. The number of thiol groups is 1. The van der Waals surface area contributed by atoms with Crippen LogP contribution in [-0.4, -0.2) is 66.1 Å². The number of ether oxygens (including phenoxy) is 1. The van der Waals surface area contributed by atoms with Gasteiger partial charge >= 0.3 is 11.9 Å². The molecule has 0 aliphatic carbocycles. The Bertz CT molecular complexity index is 1810. The normalized spacial score (nSPS) is 28.7. The Balaban J connectivity index is 1.65. The Morgan fingerprint density at radius 2 is 1.76 bits per heavy atom. The molecule has 2 aromatic heterocycles. The number of fused-ring (bicyclic) bond motifs is 1. The number of rotatable bonds is 12. The Hall–Kier alpha value is -4.23. The maximum Gasteiger partial charge on any atom is 0.311 e. The molecule has 0 aromatic carbocycles. The summed E-state index contributed by atoms with van der Waals surface area (Å²) >= 11 is 4.36. The molecule has 12 nitrogen and oxygen atoms in total. The van der Waals surface area contributed by atoms with E-state index in [1.165, 1.54) is 0 Å². The fraction of sp³-hybridized carbons (Fsp3) is 0.455. The number of carboxylic acids is 2. The molecular weight excluding hydrogens is 612 g/mol. The van der Waals surface area contributed by atoms with Crippen molar-refractivity contribution in [2.75, 3.05) is 5.75 Å². The van der Waals surface area contributed by atoms with Crippen LogP contribution in [-0.2, 0) is 36.8 Å². The zero-order valence-electron chi connectivity index (χ0n) is 26.2. The van der Waals surface area contributed by atoms with Gasteiger partial charge in [-0.15, -0.1) is 6.58 Å². The van der Waals surface area contributed by atoms with E-state index in [1.807, 2.05) is 26.8 Å². The van der Waals surface area contributed by atoms with E-state index < -0.39 is 35.6 Å². The first kappa shape index (κ1) is 33.1. The minimum atomic E-state index is -1.21. The van der Waals surface area contributed by atoms with E-state index in [2.05, 4.69) is 39.8 Å². The van der Waals surface area contributed by atoms with E-state index in [9.17, 15) is 34.5 Å². The van der Waals surface area contributed by atoms with Crippen molar-refractivity contribution in [3.05, 3.63) is 62.7 Å². The fourth-order valence-corrected chi connectivity index (χ4v) is 7.29. The number of hydrogen-bond donors (Lipinski definition) is 8. The van der Waals surface area contributed by atoms with E-state index in [0.717, 1.165) is 16.8 Å². The number of aliphatic carboxylic acids is 2. The van der Waals surface area contributed by atoms with E-state index in [1.54, 1.807) is 19.1 Å². The van der Waals surface area contributed by atoms with Gasteiger partial charge in [0.2, 0.25) is 11.8 Å². The second-order valence-electron chi connectivity index (χ2n) is 12.5. The van der Waals surface area contributed by atoms with Crippen LogP contribution in [0.15, 0.2) is 18.4 Å². The van der Waals surface area contributed by atoms with Crippen LogP contribution in [0.5, 0.6) is 0 Å². The maximum absolute atomic E-state index is 12.6. The molecule has 0 saturated carbocycles. The maximum atomic E-state index is 12.6. The molecule has 0 radical (unpaired) electrons. The smallest absolute Gasteiger partial charge is 0.311 e. The van der Waals surface area contributed by atoms with Gasteiger partial charge in [0, 0.05) is 52.7 Å². The SMILES string of the molecule is C=CC1C(=O)N[C@@]2(Cc3[nH]c(=C/c4[nH]c(/C=C5\NC(=O)[C@H](C)[C@H]5CCS)c(C)c4CCC(=O)O)/c(=C(/O)CC(=O)O)c3C)O[C@@]12C. The fourth-order valence-electron chi connectivity index (χ4n) is 7.01. The third-order valence-corrected chi connectivity index (χ3v) is 10.0. The van der Waals surface area contributed by atoms with E-state index in [0.29, 0.717) is 45.4 Å². The highest BCUT2D eigenvalue weighted by Gasteiger charge is 2.77. The largest absolute Gasteiger partial charge is 0.511 e. The van der Waals surface area contributed by atoms with Crippen molar-refractivity contribution in [1.82, 2.24) is 20.6 Å². The molecule has 7 N–H and O–H groups in total. The zero-order chi connectivity index (χ0) is 33.7. The topological polar surface area (TPSA) is 197 Å². The highest BCUT2D eigenvalue weighted by atomic mass is 32.1. The van der Waals surface area contributed by atoms with Gasteiger partial charge in [-0.2, -0.15) is 12.6 Å². The summed E-state index contributed by atoms with van der Waals surface area (Å²) in [5.41, 5.74) is 2.95. The van der Waals surface area contributed by atoms with Crippen LogP contribution in [0, 0.1) is 31.6 Å². The third kappa shape index (κ3) is 5.66. The summed E-state index contributed by atoms with van der Waals surface area (Å²) in [4.78, 5) is 55.0. The van der Waals surface area contributed by atoms with Gasteiger partial charge in [-0.1, -0.05) is 13.0 Å². The molecule has 3 saturated heterocycles. The third-order valence-electron chi connectivity index (χ3n) is 9.75. The summed E-state index contributed by atoms with van der Waals surface area (Å²) in [6, 6.07) is 0. The van der Waals surface area contributed by atoms with Crippen LogP contribution in [0.1, 0.15) is 66.9 Å². The van der Waals surface area contributed by atoms with Crippen molar-refractivity contribution in [1.29, 1.82) is 0 Å². The van der Waals surface area contributed by atoms with E-state index in [-0.39, 0.29) is 48.7 Å². The molecule has 0 spiro atoms. The Morgan fingerprint density at radius 3 is 2.37 bits per heavy atom. The second-order valence-corrected chi connectivity index (χ2v) is 13.0. The molecule has 3 aliphatic heterocycles. The van der Waals surface area contributed by atoms with Crippen LogP contribution in [0.2, 0.25) is 0 Å². The van der Waals surface area contributed by atoms with Crippen molar-refractivity contribution in [3.63, 3.8) is 0 Å². The van der Waals surface area contributed by atoms with Gasteiger partial charge in [0.15, 0.2) is 5.72 Å². The first-order valence-electron chi connectivity index (χ1n) is 15.2. The molecule has 5 heterocycles. The number of aromatic amines is 2. The number of carbonyl (C=O) groups excluding carboxylic acids is 2. The molecule has 3 aliphatic rings. The van der Waals surface area contributed by atoms with Crippen LogP contribution >= 0.6 is 12.6 Å². The van der Waals surface area contributed by atoms with Crippen molar-refractivity contribution in [2.45, 2.75) is 71.1 Å². The van der Waals surface area contributed by atoms with Gasteiger partial charge < -0.3 is 40.7 Å². The summed E-state index contributed by atoms with van der Waals surface area (Å²) in [6.45, 7) is 11.1. The number of epoxide rings is 1. The van der Waals surface area contributed by atoms with Gasteiger partial charge in [0.05, 0.1) is 11.3 Å². The average molecular weight is 653 g/mol. The predicted octanol–water partition coefficient (Wildman–Crippen LogP) is 1.95. The number of aromatic nitrogens is 2. The number of carbonyl (C=O) groups is 4. The lowest BCUT2D eigenvalue weighted by Gasteiger charge is -2.12. The summed E-state index contributed by atoms with van der Waals surface area (Å²) in [5, 5.41) is 36.6. The number of aliphatic hydroxyl groups excluding tert-OH is 1. The summed E-state index contributed by atoms with van der Waals surface area (Å²) in [5.74, 6) is -3.00. The molecule has 46 heavy (non-hydrogen) atoms. The number of hydrogen-bond acceptors (Lipinski definition) is 7. The van der Waals surface area contributed by atoms with Gasteiger partial charge in [-0.05, 0) is 68.2 Å². The summed E-state index contributed by atoms with van der Waals surface area (Å²) < 4.78 is 6.05. The van der Waals surface area contributed by atoms with Gasteiger partial charge in [0.1, 0.15) is 17.8 Å². The van der Waals surface area contributed by atoms with Crippen molar-refractivity contribution in [2.24, 2.45) is 17.8 Å². The first-order chi connectivity index (χ1) is 21.7. The number of allylic oxidation sites excluding steroid dienone is 1. The molecular formula is C33H40N4O8S. The van der Waals surface area contributed by atoms with E-state index in [4.69, 9.17) is 4.74 Å². The lowest BCUT2D eigenvalue weighted by atomic mass is 9.89. The highest BCUT2D eigenvalue weighted by Crippen LogP contribution is 2.57. The van der Waals surface area contributed by atoms with E-state index >= 15 is 0 Å². The lowest BCUT2D eigenvalue weighted by Crippen LogP contribution is -2.36. The van der Waals surface area contributed by atoms with Gasteiger partial charge in [0.25, 0.3) is 0 Å². The number of carboxylic acid groups (broad SMARTS) is 2. The molecule has 2 aromatic rings. The minimum Gasteiger partial charge on any atom is -0.511 e. The first-order valence-corrected chi connectivity index (χ1v) is 15.8. The van der Waals surface area contributed by atoms with Gasteiger partial charge in [-0.25, -0.2) is 0 Å². The number of amides is 2. The molecule has 3 fully saturated rings. The average Bonchev–Trinajstić information content (AvgIpc) is 3.17. The Labute approximate surface area is 271 Å². The quantitative estimate of drug-likeness (QED) is 0.0967. The van der Waals surface area contributed by atoms with Crippen molar-refractivity contribution in [3.8, 4) is 0 Å². The summed E-state index contributed by atoms with van der Waals surface area (Å²) in [7, 11) is 0. The molecule has 0 bridgehead atoms. The number of H-pyrrole nitrogens is 2. The molecule has 246 valence electrons. The van der Waals surface area contributed by atoms with Crippen molar-refractivity contribution >= 4 is 54.3 Å². The predicted molar refractivity (Wildman–Crippen MR) is 173 cm³/mol. The molecule has 13 heteroatoms. The van der Waals surface area contributed by atoms with Crippen LogP contribution < -0.4 is 21.2 Å².